The predicted octanol–water partition coefficient (Wildman–Crippen LogP) is 2.24. The standard InChI is InChI=1S/C17H24N2O2/c1-13(2)18-7-8-21-16(10-18)11-19-6-5-15-9-14(12-20)3-4-17(15)19/h3-6,9,13,16,20H,7-8,10-12H2,1-2H3. The molecule has 114 valence electrons. The summed E-state index contributed by atoms with van der Waals surface area (Å²) in [4.78, 5) is 2.48. The van der Waals surface area contributed by atoms with E-state index in [1.165, 1.54) is 10.9 Å². The van der Waals surface area contributed by atoms with Gasteiger partial charge in [0.15, 0.2) is 0 Å². The monoisotopic (exact) mass is 288 g/mol. The second-order valence-corrected chi connectivity index (χ2v) is 6.10. The maximum atomic E-state index is 9.21. The number of ether oxygens (including phenoxy) is 1. The number of aliphatic hydroxyl groups excluding tert-OH is 1. The van der Waals surface area contributed by atoms with Crippen molar-refractivity contribution in [2.45, 2.75) is 39.1 Å². The van der Waals surface area contributed by atoms with Crippen molar-refractivity contribution >= 4 is 10.9 Å². The summed E-state index contributed by atoms with van der Waals surface area (Å²) in [7, 11) is 0. The molecule has 21 heavy (non-hydrogen) atoms. The lowest BCUT2D eigenvalue weighted by Crippen LogP contribution is -2.47. The Morgan fingerprint density at radius 3 is 2.95 bits per heavy atom. The second-order valence-electron chi connectivity index (χ2n) is 6.10. The van der Waals surface area contributed by atoms with E-state index in [-0.39, 0.29) is 12.7 Å². The van der Waals surface area contributed by atoms with Crippen molar-refractivity contribution in [2.24, 2.45) is 0 Å². The van der Waals surface area contributed by atoms with Gasteiger partial charge in [0.1, 0.15) is 0 Å². The van der Waals surface area contributed by atoms with E-state index in [1.54, 1.807) is 0 Å². The summed E-state index contributed by atoms with van der Waals surface area (Å²) >= 11 is 0. The van der Waals surface area contributed by atoms with Crippen LogP contribution in [0.1, 0.15) is 19.4 Å². The Morgan fingerprint density at radius 1 is 1.33 bits per heavy atom. The number of fused-ring (bicyclic) bond motifs is 1. The molecule has 1 aromatic carbocycles. The lowest BCUT2D eigenvalue weighted by molar-refractivity contribution is -0.0451. The molecule has 0 bridgehead atoms. The molecule has 4 nitrogen and oxygen atoms in total. The van der Waals surface area contributed by atoms with Crippen LogP contribution in [0.4, 0.5) is 0 Å². The maximum absolute atomic E-state index is 9.21. The fraction of sp³-hybridized carbons (Fsp3) is 0.529. The molecule has 2 heterocycles. The van der Waals surface area contributed by atoms with E-state index in [9.17, 15) is 5.11 Å². The zero-order valence-electron chi connectivity index (χ0n) is 12.8. The summed E-state index contributed by atoms with van der Waals surface area (Å²) in [5.41, 5.74) is 2.16. The molecule has 1 aliphatic heterocycles. The Kier molecular flexibility index (Phi) is 4.29. The van der Waals surface area contributed by atoms with Crippen LogP contribution in [0.15, 0.2) is 30.5 Å². The summed E-state index contributed by atoms with van der Waals surface area (Å²) in [6.45, 7) is 8.29. The molecule has 0 aliphatic carbocycles. The largest absolute Gasteiger partial charge is 0.392 e. The van der Waals surface area contributed by atoms with Crippen LogP contribution in [0.2, 0.25) is 0 Å². The van der Waals surface area contributed by atoms with Gasteiger partial charge >= 0.3 is 0 Å². The SMILES string of the molecule is CC(C)N1CCOC(Cn2ccc3cc(CO)ccc32)C1. The third-order valence-electron chi connectivity index (χ3n) is 4.32. The highest BCUT2D eigenvalue weighted by Crippen LogP contribution is 2.20. The molecule has 0 amide bonds. The molecule has 1 aliphatic rings. The van der Waals surface area contributed by atoms with Crippen LogP contribution in [0.3, 0.4) is 0 Å². The average molecular weight is 288 g/mol. The summed E-state index contributed by atoms with van der Waals surface area (Å²) in [6.07, 6.45) is 2.36. The van der Waals surface area contributed by atoms with Gasteiger partial charge in [-0.1, -0.05) is 6.07 Å². The molecule has 2 aromatic rings. The fourth-order valence-corrected chi connectivity index (χ4v) is 3.05. The van der Waals surface area contributed by atoms with Gasteiger partial charge < -0.3 is 14.4 Å². The summed E-state index contributed by atoms with van der Waals surface area (Å²) < 4.78 is 8.18. The van der Waals surface area contributed by atoms with Crippen LogP contribution >= 0.6 is 0 Å². The Labute approximate surface area is 125 Å². The first kappa shape index (κ1) is 14.6. The number of hydrogen-bond donors (Lipinski definition) is 1. The molecule has 0 saturated carbocycles. The molecule has 1 N–H and O–H groups in total. The minimum absolute atomic E-state index is 0.0935. The number of morpholine rings is 1. The van der Waals surface area contributed by atoms with Crippen LogP contribution in [-0.2, 0) is 17.9 Å². The number of aromatic nitrogens is 1. The van der Waals surface area contributed by atoms with Crippen molar-refractivity contribution in [1.29, 1.82) is 0 Å². The zero-order chi connectivity index (χ0) is 14.8. The normalized spacial score (nSPS) is 20.5. The number of benzene rings is 1. The Bertz CT molecular complexity index is 606. The lowest BCUT2D eigenvalue weighted by Gasteiger charge is -2.35. The summed E-state index contributed by atoms with van der Waals surface area (Å²) in [5, 5.41) is 10.4. The van der Waals surface area contributed by atoms with Gasteiger partial charge in [0, 0.05) is 30.8 Å². The van der Waals surface area contributed by atoms with Crippen LogP contribution < -0.4 is 0 Å². The highest BCUT2D eigenvalue weighted by molar-refractivity contribution is 5.80. The first-order chi connectivity index (χ1) is 10.2. The quantitative estimate of drug-likeness (QED) is 0.937. The van der Waals surface area contributed by atoms with Crippen LogP contribution in [0.25, 0.3) is 10.9 Å². The van der Waals surface area contributed by atoms with Crippen molar-refractivity contribution < 1.29 is 9.84 Å². The van der Waals surface area contributed by atoms with E-state index < -0.39 is 0 Å². The minimum atomic E-state index is 0.0935. The average Bonchev–Trinajstić information content (AvgIpc) is 2.89. The van der Waals surface area contributed by atoms with Gasteiger partial charge in [0.05, 0.1) is 25.9 Å². The first-order valence-electron chi connectivity index (χ1n) is 7.71. The Balaban J connectivity index is 1.75. The van der Waals surface area contributed by atoms with E-state index in [4.69, 9.17) is 4.74 Å². The lowest BCUT2D eigenvalue weighted by atomic mass is 10.1. The van der Waals surface area contributed by atoms with E-state index in [1.807, 2.05) is 12.1 Å². The third-order valence-corrected chi connectivity index (χ3v) is 4.32. The van der Waals surface area contributed by atoms with Crippen molar-refractivity contribution in [3.05, 3.63) is 36.0 Å². The molecule has 1 atom stereocenters. The maximum Gasteiger partial charge on any atom is 0.0881 e. The van der Waals surface area contributed by atoms with E-state index in [0.717, 1.165) is 31.8 Å². The fourth-order valence-electron chi connectivity index (χ4n) is 3.05. The predicted molar refractivity (Wildman–Crippen MR) is 84.3 cm³/mol. The topological polar surface area (TPSA) is 37.6 Å². The number of nitrogens with zero attached hydrogens (tertiary/aromatic N) is 2. The van der Waals surface area contributed by atoms with Crippen LogP contribution in [0, 0.1) is 0 Å². The number of hydrogen-bond acceptors (Lipinski definition) is 3. The molecule has 1 unspecified atom stereocenters. The highest BCUT2D eigenvalue weighted by atomic mass is 16.5. The van der Waals surface area contributed by atoms with Crippen LogP contribution in [0.5, 0.6) is 0 Å². The van der Waals surface area contributed by atoms with Crippen molar-refractivity contribution in [1.82, 2.24) is 9.47 Å². The number of rotatable bonds is 4. The minimum Gasteiger partial charge on any atom is -0.392 e. The molecule has 1 aromatic heterocycles. The van der Waals surface area contributed by atoms with Crippen molar-refractivity contribution in [2.75, 3.05) is 19.7 Å². The Morgan fingerprint density at radius 2 is 2.19 bits per heavy atom. The molecule has 1 saturated heterocycles. The molecular formula is C17H24N2O2. The van der Waals surface area contributed by atoms with Gasteiger partial charge in [-0.25, -0.2) is 0 Å². The van der Waals surface area contributed by atoms with Crippen molar-refractivity contribution in [3.63, 3.8) is 0 Å². The molecule has 0 radical (unpaired) electrons. The van der Waals surface area contributed by atoms with Crippen LogP contribution in [-0.4, -0.2) is 46.4 Å². The summed E-state index contributed by atoms with van der Waals surface area (Å²) in [6, 6.07) is 8.81. The summed E-state index contributed by atoms with van der Waals surface area (Å²) in [5.74, 6) is 0. The van der Waals surface area contributed by atoms with Gasteiger partial charge in [0.2, 0.25) is 0 Å². The third kappa shape index (κ3) is 3.12. The number of aliphatic hydroxyl groups is 1. The van der Waals surface area contributed by atoms with E-state index in [0.29, 0.717) is 6.04 Å². The van der Waals surface area contributed by atoms with E-state index in [2.05, 4.69) is 41.6 Å². The highest BCUT2D eigenvalue weighted by Gasteiger charge is 2.22. The smallest absolute Gasteiger partial charge is 0.0881 e. The molecular weight excluding hydrogens is 264 g/mol. The first-order valence-corrected chi connectivity index (χ1v) is 7.71. The van der Waals surface area contributed by atoms with E-state index >= 15 is 0 Å². The second kappa shape index (κ2) is 6.18. The van der Waals surface area contributed by atoms with Gasteiger partial charge in [-0.3, -0.25) is 4.90 Å². The molecule has 3 rings (SSSR count). The molecule has 4 heteroatoms. The van der Waals surface area contributed by atoms with Gasteiger partial charge in [-0.15, -0.1) is 0 Å². The Hall–Kier alpha value is -1.36. The van der Waals surface area contributed by atoms with Gasteiger partial charge in [-0.05, 0) is 43.0 Å². The molecule has 0 spiro atoms. The zero-order valence-corrected chi connectivity index (χ0v) is 12.8. The molecule has 1 fully saturated rings. The van der Waals surface area contributed by atoms with Crippen molar-refractivity contribution in [3.8, 4) is 0 Å². The van der Waals surface area contributed by atoms with Gasteiger partial charge in [-0.2, -0.15) is 0 Å². The van der Waals surface area contributed by atoms with Gasteiger partial charge in [0.25, 0.3) is 0 Å².